The molecule has 1 saturated heterocycles. The van der Waals surface area contributed by atoms with Gasteiger partial charge in [-0.25, -0.2) is 4.98 Å². The van der Waals surface area contributed by atoms with E-state index in [9.17, 15) is 19.8 Å². The van der Waals surface area contributed by atoms with E-state index in [2.05, 4.69) is 4.98 Å². The highest BCUT2D eigenvalue weighted by atomic mass is 32.1. The van der Waals surface area contributed by atoms with Crippen LogP contribution < -0.4 is 9.64 Å². The van der Waals surface area contributed by atoms with Crippen LogP contribution in [-0.4, -0.2) is 34.0 Å². The van der Waals surface area contributed by atoms with Crippen molar-refractivity contribution in [2.24, 2.45) is 0 Å². The molecule has 2 aromatic carbocycles. The Morgan fingerprint density at radius 3 is 2.45 bits per heavy atom. The molecule has 0 unspecified atom stereocenters. The van der Waals surface area contributed by atoms with Crippen molar-refractivity contribution in [1.29, 1.82) is 0 Å². The molecule has 3 aromatic rings. The van der Waals surface area contributed by atoms with Gasteiger partial charge in [0.1, 0.15) is 5.76 Å². The van der Waals surface area contributed by atoms with Crippen LogP contribution in [0.3, 0.4) is 0 Å². The van der Waals surface area contributed by atoms with Crippen LogP contribution in [0.15, 0.2) is 54.1 Å². The zero-order chi connectivity index (χ0) is 22.3. The Hall–Kier alpha value is -3.65. The lowest BCUT2D eigenvalue weighted by Crippen LogP contribution is -2.29. The van der Waals surface area contributed by atoms with Crippen molar-refractivity contribution in [3.63, 3.8) is 0 Å². The van der Waals surface area contributed by atoms with Gasteiger partial charge in [0.15, 0.2) is 16.6 Å². The maximum Gasteiger partial charge on any atom is 0.301 e. The third-order valence-corrected chi connectivity index (χ3v) is 6.31. The molecule has 1 fully saturated rings. The van der Waals surface area contributed by atoms with Gasteiger partial charge in [0.25, 0.3) is 5.78 Å². The number of aliphatic hydroxyl groups is 1. The van der Waals surface area contributed by atoms with E-state index < -0.39 is 17.7 Å². The average molecular weight is 436 g/mol. The van der Waals surface area contributed by atoms with Gasteiger partial charge in [-0.1, -0.05) is 36.4 Å². The first-order chi connectivity index (χ1) is 14.8. The zero-order valence-corrected chi connectivity index (χ0v) is 17.9. The largest absolute Gasteiger partial charge is 0.507 e. The Morgan fingerprint density at radius 2 is 1.84 bits per heavy atom. The number of ketones is 1. The fourth-order valence-electron chi connectivity index (χ4n) is 3.52. The highest BCUT2D eigenvalue weighted by molar-refractivity contribution is 7.16. The molecular weight excluding hydrogens is 416 g/mol. The van der Waals surface area contributed by atoms with Crippen LogP contribution in [0.25, 0.3) is 5.76 Å². The number of rotatable bonds is 4. The van der Waals surface area contributed by atoms with Crippen molar-refractivity contribution in [3.05, 3.63) is 75.8 Å². The topological polar surface area (TPSA) is 100.0 Å². The highest BCUT2D eigenvalue weighted by Crippen LogP contribution is 2.45. The summed E-state index contributed by atoms with van der Waals surface area (Å²) < 4.78 is 5.21. The number of Topliss-reactive ketones (excluding diaryl/α,β-unsaturated/α-hetero) is 1. The molecule has 2 N–H and O–H groups in total. The maximum atomic E-state index is 13.1. The van der Waals surface area contributed by atoms with Gasteiger partial charge in [-0.05, 0) is 31.5 Å². The van der Waals surface area contributed by atoms with Gasteiger partial charge in [0.05, 0.1) is 24.4 Å². The monoisotopic (exact) mass is 436 g/mol. The first-order valence-electron chi connectivity index (χ1n) is 9.50. The first-order valence-corrected chi connectivity index (χ1v) is 10.3. The molecule has 2 heterocycles. The number of carbonyl (C=O) groups is 2. The SMILES string of the molecule is COc1cc([C@@H]2/C(=C(\O)c3ccccc3)C(=O)C(=O)N2c2nc(C)c(C)s2)ccc1O. The summed E-state index contributed by atoms with van der Waals surface area (Å²) in [5.74, 6) is -1.74. The van der Waals surface area contributed by atoms with Gasteiger partial charge in [0, 0.05) is 10.4 Å². The molecule has 0 saturated carbocycles. The van der Waals surface area contributed by atoms with Crippen molar-refractivity contribution < 1.29 is 24.5 Å². The number of aromatic hydroxyl groups is 1. The number of anilines is 1. The molecule has 0 aliphatic carbocycles. The summed E-state index contributed by atoms with van der Waals surface area (Å²) in [6.07, 6.45) is 0. The minimum absolute atomic E-state index is 0.0468. The van der Waals surface area contributed by atoms with E-state index in [0.29, 0.717) is 16.3 Å². The van der Waals surface area contributed by atoms with Crippen molar-refractivity contribution in [2.45, 2.75) is 19.9 Å². The van der Waals surface area contributed by atoms with Crippen molar-refractivity contribution >= 4 is 33.9 Å². The standard InChI is InChI=1S/C23H20N2O5S/c1-12-13(2)31-23(24-12)25-19(15-9-10-16(26)17(11-15)30-3)18(21(28)22(25)29)20(27)14-7-5-4-6-8-14/h4-11,19,26-27H,1-3H3/b20-18+/t19-/m1/s1. The number of methoxy groups -OCH3 is 1. The number of thiazole rings is 1. The van der Waals surface area contributed by atoms with E-state index in [1.807, 2.05) is 13.8 Å². The number of benzene rings is 2. The fourth-order valence-corrected chi connectivity index (χ4v) is 4.46. The molecule has 0 bridgehead atoms. The summed E-state index contributed by atoms with van der Waals surface area (Å²) in [7, 11) is 1.41. The highest BCUT2D eigenvalue weighted by Gasteiger charge is 2.48. The number of aryl methyl sites for hydroxylation is 2. The Morgan fingerprint density at radius 1 is 1.13 bits per heavy atom. The van der Waals surface area contributed by atoms with Gasteiger partial charge in [0.2, 0.25) is 0 Å². The van der Waals surface area contributed by atoms with E-state index in [-0.39, 0.29) is 22.8 Å². The number of phenols is 1. The Balaban J connectivity index is 1.98. The maximum absolute atomic E-state index is 13.1. The van der Waals surface area contributed by atoms with Gasteiger partial charge >= 0.3 is 5.91 Å². The van der Waals surface area contributed by atoms with Gasteiger partial charge in [-0.15, -0.1) is 11.3 Å². The van der Waals surface area contributed by atoms with E-state index in [0.717, 1.165) is 10.6 Å². The summed E-state index contributed by atoms with van der Waals surface area (Å²) >= 11 is 1.30. The van der Waals surface area contributed by atoms with Crippen LogP contribution in [0.5, 0.6) is 11.5 Å². The van der Waals surface area contributed by atoms with Gasteiger partial charge < -0.3 is 14.9 Å². The number of ether oxygens (including phenoxy) is 1. The lowest BCUT2D eigenvalue weighted by molar-refractivity contribution is -0.132. The molecule has 1 atom stereocenters. The number of carbonyl (C=O) groups excluding carboxylic acids is 2. The molecule has 31 heavy (non-hydrogen) atoms. The minimum atomic E-state index is -0.931. The minimum Gasteiger partial charge on any atom is -0.507 e. The van der Waals surface area contributed by atoms with Crippen molar-refractivity contribution in [3.8, 4) is 11.5 Å². The first kappa shape index (κ1) is 20.6. The lowest BCUT2D eigenvalue weighted by Gasteiger charge is -2.23. The molecule has 1 amide bonds. The number of aromatic nitrogens is 1. The van der Waals surface area contributed by atoms with Gasteiger partial charge in [-0.2, -0.15) is 0 Å². The smallest absolute Gasteiger partial charge is 0.301 e. The number of hydrogen-bond acceptors (Lipinski definition) is 7. The molecule has 0 radical (unpaired) electrons. The summed E-state index contributed by atoms with van der Waals surface area (Å²) in [5, 5.41) is 21.4. The Bertz CT molecular complexity index is 1200. The van der Waals surface area contributed by atoms with E-state index in [4.69, 9.17) is 4.74 Å². The van der Waals surface area contributed by atoms with Crippen LogP contribution in [0.4, 0.5) is 5.13 Å². The third-order valence-electron chi connectivity index (χ3n) is 5.23. The van der Waals surface area contributed by atoms with Crippen molar-refractivity contribution in [2.75, 3.05) is 12.0 Å². The van der Waals surface area contributed by atoms with E-state index >= 15 is 0 Å². The molecule has 7 nitrogen and oxygen atoms in total. The molecule has 1 aliphatic heterocycles. The van der Waals surface area contributed by atoms with E-state index in [1.165, 1.54) is 29.4 Å². The third kappa shape index (κ3) is 3.44. The van der Waals surface area contributed by atoms with Crippen molar-refractivity contribution in [1.82, 2.24) is 4.98 Å². The van der Waals surface area contributed by atoms with Crippen LogP contribution in [0, 0.1) is 13.8 Å². The number of aliphatic hydroxyl groups excluding tert-OH is 1. The molecule has 4 rings (SSSR count). The number of amides is 1. The fraction of sp³-hybridized carbons (Fsp3) is 0.174. The zero-order valence-electron chi connectivity index (χ0n) is 17.1. The second-order valence-electron chi connectivity index (χ2n) is 7.10. The number of nitrogens with zero attached hydrogens (tertiary/aromatic N) is 2. The van der Waals surface area contributed by atoms with Crippen LogP contribution in [0.1, 0.15) is 27.7 Å². The molecule has 8 heteroatoms. The Labute approximate surface area is 182 Å². The normalized spacial score (nSPS) is 17.9. The summed E-state index contributed by atoms with van der Waals surface area (Å²) in [6, 6.07) is 12.2. The number of phenolic OH excluding ortho intramolecular Hbond substituents is 1. The quantitative estimate of drug-likeness (QED) is 0.363. The van der Waals surface area contributed by atoms with Crippen LogP contribution in [-0.2, 0) is 9.59 Å². The second-order valence-corrected chi connectivity index (χ2v) is 8.29. The second kappa shape index (κ2) is 7.88. The molecule has 0 spiro atoms. The predicted molar refractivity (Wildman–Crippen MR) is 117 cm³/mol. The Kier molecular flexibility index (Phi) is 5.24. The lowest BCUT2D eigenvalue weighted by atomic mass is 9.95. The molecule has 158 valence electrons. The van der Waals surface area contributed by atoms with Gasteiger partial charge in [-0.3, -0.25) is 14.5 Å². The molecule has 1 aliphatic rings. The summed E-state index contributed by atoms with van der Waals surface area (Å²) in [4.78, 5) is 32.9. The van der Waals surface area contributed by atoms with Crippen LogP contribution >= 0.6 is 11.3 Å². The van der Waals surface area contributed by atoms with Crippen LogP contribution in [0.2, 0.25) is 0 Å². The molecule has 1 aromatic heterocycles. The average Bonchev–Trinajstić information content (AvgIpc) is 3.24. The summed E-state index contributed by atoms with van der Waals surface area (Å²) in [5.41, 5.74) is 1.63. The van der Waals surface area contributed by atoms with E-state index in [1.54, 1.807) is 42.5 Å². The molecular formula is C23H20N2O5S. The number of hydrogen-bond donors (Lipinski definition) is 2. The summed E-state index contributed by atoms with van der Waals surface area (Å²) in [6.45, 7) is 3.71. The predicted octanol–water partition coefficient (Wildman–Crippen LogP) is 4.10.